The van der Waals surface area contributed by atoms with Crippen molar-refractivity contribution in [3.63, 3.8) is 0 Å². The van der Waals surface area contributed by atoms with Crippen LogP contribution < -0.4 is 16.4 Å². The highest BCUT2D eigenvalue weighted by atomic mass is 16.4. The van der Waals surface area contributed by atoms with Gasteiger partial charge in [0.25, 0.3) is 0 Å². The molecular formula is C23H27N5O7. The zero-order chi connectivity index (χ0) is 25.8. The molecule has 0 bridgehead atoms. The number of hydrogen-bond acceptors (Lipinski definition) is 7. The molecule has 0 aliphatic heterocycles. The van der Waals surface area contributed by atoms with Crippen molar-refractivity contribution < 1.29 is 34.2 Å². The summed E-state index contributed by atoms with van der Waals surface area (Å²) in [4.78, 5) is 66.7. The molecule has 12 nitrogen and oxygen atoms in total. The van der Waals surface area contributed by atoms with E-state index in [9.17, 15) is 24.0 Å². The van der Waals surface area contributed by atoms with E-state index in [1.807, 2.05) is 24.3 Å². The van der Waals surface area contributed by atoms with E-state index < -0.39 is 54.6 Å². The van der Waals surface area contributed by atoms with Crippen LogP contribution in [0.25, 0.3) is 11.4 Å². The van der Waals surface area contributed by atoms with Crippen LogP contribution in [-0.2, 0) is 30.4 Å². The van der Waals surface area contributed by atoms with Crippen LogP contribution in [0.15, 0.2) is 42.7 Å². The van der Waals surface area contributed by atoms with Gasteiger partial charge in [-0.15, -0.1) is 0 Å². The molecule has 6 N–H and O–H groups in total. The number of hydrogen-bond donors (Lipinski definition) is 5. The maximum Gasteiger partial charge on any atom is 0.303 e. The molecular weight excluding hydrogens is 458 g/mol. The van der Waals surface area contributed by atoms with Gasteiger partial charge in [-0.1, -0.05) is 24.3 Å². The fourth-order valence-corrected chi connectivity index (χ4v) is 3.16. The molecule has 35 heavy (non-hydrogen) atoms. The normalized spacial score (nSPS) is 12.2. The topological polar surface area (TPSA) is 202 Å². The molecule has 0 spiro atoms. The molecule has 1 aromatic carbocycles. The van der Waals surface area contributed by atoms with E-state index in [1.165, 1.54) is 0 Å². The number of nitrogens with zero attached hydrogens (tertiary/aromatic N) is 2. The fraction of sp³-hybridized carbons (Fsp3) is 0.348. The number of benzene rings is 1. The first-order valence-electron chi connectivity index (χ1n) is 10.8. The van der Waals surface area contributed by atoms with Crippen molar-refractivity contribution in [3.8, 4) is 11.4 Å². The minimum Gasteiger partial charge on any atom is -0.481 e. The largest absolute Gasteiger partial charge is 0.481 e. The smallest absolute Gasteiger partial charge is 0.303 e. The van der Waals surface area contributed by atoms with Gasteiger partial charge in [-0.25, -0.2) is 9.97 Å². The molecule has 3 amide bonds. The minimum absolute atomic E-state index is 0.0241. The Labute approximate surface area is 201 Å². The zero-order valence-electron chi connectivity index (χ0n) is 18.8. The molecule has 0 aliphatic rings. The second kappa shape index (κ2) is 13.4. The Balaban J connectivity index is 1.96. The van der Waals surface area contributed by atoms with Gasteiger partial charge in [0, 0.05) is 37.2 Å². The number of carboxylic acid groups (broad SMARTS) is 2. The van der Waals surface area contributed by atoms with Crippen molar-refractivity contribution in [2.75, 3.05) is 0 Å². The highest BCUT2D eigenvalue weighted by molar-refractivity contribution is 5.92. The number of carbonyl (C=O) groups is 5. The summed E-state index contributed by atoms with van der Waals surface area (Å²) in [6, 6.07) is 6.52. The van der Waals surface area contributed by atoms with E-state index in [-0.39, 0.29) is 19.3 Å². The highest BCUT2D eigenvalue weighted by Crippen LogP contribution is 2.15. The average molecular weight is 485 g/mol. The second-order valence-corrected chi connectivity index (χ2v) is 7.72. The minimum atomic E-state index is -1.27. The van der Waals surface area contributed by atoms with Crippen LogP contribution in [-0.4, -0.2) is 61.9 Å². The first-order valence-corrected chi connectivity index (χ1v) is 10.8. The van der Waals surface area contributed by atoms with Crippen molar-refractivity contribution in [3.05, 3.63) is 48.3 Å². The number of primary amides is 1. The van der Waals surface area contributed by atoms with E-state index in [4.69, 9.17) is 15.9 Å². The Bertz CT molecular complexity index is 1040. The van der Waals surface area contributed by atoms with Gasteiger partial charge in [0.15, 0.2) is 5.82 Å². The monoisotopic (exact) mass is 485 g/mol. The zero-order valence-corrected chi connectivity index (χ0v) is 18.8. The van der Waals surface area contributed by atoms with Gasteiger partial charge < -0.3 is 26.6 Å². The van der Waals surface area contributed by atoms with Crippen molar-refractivity contribution >= 4 is 29.7 Å². The van der Waals surface area contributed by atoms with Gasteiger partial charge in [-0.2, -0.15) is 0 Å². The molecule has 2 aromatic rings. The summed E-state index contributed by atoms with van der Waals surface area (Å²) in [5, 5.41) is 22.5. The summed E-state index contributed by atoms with van der Waals surface area (Å²) in [6.07, 6.45) is 2.38. The third-order valence-corrected chi connectivity index (χ3v) is 5.02. The Kier molecular flexibility index (Phi) is 10.3. The molecule has 0 saturated carbocycles. The van der Waals surface area contributed by atoms with Crippen molar-refractivity contribution in [1.29, 1.82) is 0 Å². The maximum absolute atomic E-state index is 12.6. The first kappa shape index (κ1) is 26.9. The van der Waals surface area contributed by atoms with Crippen LogP contribution in [0, 0.1) is 0 Å². The highest BCUT2D eigenvalue weighted by Gasteiger charge is 2.26. The van der Waals surface area contributed by atoms with Gasteiger partial charge in [0.2, 0.25) is 17.7 Å². The third kappa shape index (κ3) is 9.58. The van der Waals surface area contributed by atoms with Crippen LogP contribution in [0.4, 0.5) is 0 Å². The number of amides is 3. The molecule has 0 saturated heterocycles. The molecule has 186 valence electrons. The number of nitrogens with one attached hydrogen (secondary N) is 2. The summed E-state index contributed by atoms with van der Waals surface area (Å²) in [5.41, 5.74) is 6.89. The van der Waals surface area contributed by atoms with Gasteiger partial charge in [0.1, 0.15) is 12.1 Å². The van der Waals surface area contributed by atoms with Gasteiger partial charge in [-0.05, 0) is 30.9 Å². The molecule has 1 aromatic heterocycles. The molecule has 2 rings (SSSR count). The molecule has 0 radical (unpaired) electrons. The fourth-order valence-electron chi connectivity index (χ4n) is 3.16. The van der Waals surface area contributed by atoms with Gasteiger partial charge >= 0.3 is 11.9 Å². The number of nitrogens with two attached hydrogens (primary N) is 1. The van der Waals surface area contributed by atoms with Crippen molar-refractivity contribution in [2.24, 2.45) is 5.73 Å². The van der Waals surface area contributed by atoms with Crippen LogP contribution in [0.1, 0.15) is 37.7 Å². The molecule has 12 heteroatoms. The van der Waals surface area contributed by atoms with Crippen molar-refractivity contribution in [2.45, 2.75) is 50.6 Å². The van der Waals surface area contributed by atoms with E-state index >= 15 is 0 Å². The predicted molar refractivity (Wildman–Crippen MR) is 123 cm³/mol. The summed E-state index contributed by atoms with van der Waals surface area (Å²) in [7, 11) is 0. The van der Waals surface area contributed by atoms with Crippen LogP contribution >= 0.6 is 0 Å². The lowest BCUT2D eigenvalue weighted by molar-refractivity contribution is -0.139. The molecule has 2 atom stereocenters. The van der Waals surface area contributed by atoms with Gasteiger partial charge in [0.05, 0.1) is 0 Å². The quantitative estimate of drug-likeness (QED) is 0.249. The Morgan fingerprint density at radius 2 is 1.40 bits per heavy atom. The molecule has 0 fully saturated rings. The lowest BCUT2D eigenvalue weighted by atomic mass is 10.1. The summed E-state index contributed by atoms with van der Waals surface area (Å²) >= 11 is 0. The average Bonchev–Trinajstić information content (AvgIpc) is 2.83. The number of carbonyl (C=O) groups excluding carboxylic acids is 3. The lowest BCUT2D eigenvalue weighted by Crippen LogP contribution is -2.53. The summed E-state index contributed by atoms with van der Waals surface area (Å²) in [6.45, 7) is 0. The number of aliphatic carboxylic acids is 2. The Hall–Kier alpha value is -4.35. The summed E-state index contributed by atoms with van der Waals surface area (Å²) in [5.74, 6) is -4.02. The number of rotatable bonds is 14. The number of carboxylic acids is 2. The maximum atomic E-state index is 12.6. The molecule has 0 aliphatic carbocycles. The van der Waals surface area contributed by atoms with E-state index in [0.717, 1.165) is 11.1 Å². The van der Waals surface area contributed by atoms with Crippen molar-refractivity contribution in [1.82, 2.24) is 20.6 Å². The number of aryl methyl sites for hydroxylation is 1. The first-order chi connectivity index (χ1) is 16.7. The molecule has 1 heterocycles. The van der Waals surface area contributed by atoms with Crippen LogP contribution in [0.5, 0.6) is 0 Å². The van der Waals surface area contributed by atoms with E-state index in [2.05, 4.69) is 20.6 Å². The molecule has 2 unspecified atom stereocenters. The Morgan fingerprint density at radius 1 is 0.829 bits per heavy atom. The third-order valence-electron chi connectivity index (χ3n) is 5.02. The van der Waals surface area contributed by atoms with E-state index in [0.29, 0.717) is 12.2 Å². The SMILES string of the molecule is NC(=O)C(CCC(=O)O)NC(=O)C(CCC(=O)O)NC(=O)CCc1ccc(-c2ncccn2)cc1. The lowest BCUT2D eigenvalue weighted by Gasteiger charge is -2.21. The summed E-state index contributed by atoms with van der Waals surface area (Å²) < 4.78 is 0. The second-order valence-electron chi connectivity index (χ2n) is 7.72. The Morgan fingerprint density at radius 3 is 1.94 bits per heavy atom. The van der Waals surface area contributed by atoms with E-state index in [1.54, 1.807) is 18.5 Å². The standard InChI is InChI=1S/C23H27N5O7/c24-21(34)16(7-10-19(30)31)28-23(35)17(8-11-20(32)33)27-18(29)9-4-14-2-5-15(6-3-14)22-25-12-1-13-26-22/h1-3,5-6,12-13,16-17H,4,7-11H2,(H2,24,34)(H,27,29)(H,28,35)(H,30,31)(H,32,33). The van der Waals surface area contributed by atoms with Crippen LogP contribution in [0.2, 0.25) is 0 Å². The number of aromatic nitrogens is 2. The van der Waals surface area contributed by atoms with Crippen LogP contribution in [0.3, 0.4) is 0 Å². The predicted octanol–water partition coefficient (Wildman–Crippen LogP) is 0.261. The van der Waals surface area contributed by atoms with Gasteiger partial charge in [-0.3, -0.25) is 24.0 Å².